The maximum absolute atomic E-state index is 9.02. The lowest BCUT2D eigenvalue weighted by molar-refractivity contribution is -0.418. The van der Waals surface area contributed by atoms with Crippen molar-refractivity contribution in [2.45, 2.75) is 0 Å². The van der Waals surface area contributed by atoms with Crippen molar-refractivity contribution in [2.24, 2.45) is 0 Å². The number of nitrogens with zero attached hydrogens (tertiary/aromatic N) is 3. The maximum Gasteiger partial charge on any atom is 0.0971 e. The molecular formula is CN3O2-. The Hall–Kier alpha value is -1.31. The van der Waals surface area contributed by atoms with E-state index in [0.29, 0.717) is 0 Å². The average Bonchev–Trinajstić information content (AvgIpc) is 1.35. The fourth-order valence-electron chi connectivity index (χ4n) is 0.0365. The minimum Gasteiger partial charge on any atom is -0.489 e. The zero-order chi connectivity index (χ0) is 4.99. The second kappa shape index (κ2) is 1.96. The average molecular weight is 86.0 g/mol. The third-order valence-electron chi connectivity index (χ3n) is 0.126. The monoisotopic (exact) mass is 86.0 g/mol. The summed E-state index contributed by atoms with van der Waals surface area (Å²) in [6, 6.07) is 0. The van der Waals surface area contributed by atoms with E-state index in [1.807, 2.05) is 0 Å². The molecule has 0 rings (SSSR count). The van der Waals surface area contributed by atoms with Gasteiger partial charge < -0.3 is 5.26 Å². The Balaban J connectivity index is 3.13. The first-order valence-corrected chi connectivity index (χ1v) is 1.01. The van der Waals surface area contributed by atoms with Gasteiger partial charge in [0.1, 0.15) is 0 Å². The van der Waals surface area contributed by atoms with Crippen LogP contribution in [0.25, 0.3) is 5.43 Å². The fraction of sp³-hybridized carbons (Fsp3) is 0. The van der Waals surface area contributed by atoms with Crippen LogP contribution < -0.4 is 0 Å². The van der Waals surface area contributed by atoms with E-state index >= 15 is 0 Å². The minimum absolute atomic E-state index is 0.993. The standard InChI is InChI=1S/CN3O2/c2-1-3-4(5)6/q-1. The Bertz CT molecular complexity index is 91.5. The zero-order valence-electron chi connectivity index (χ0n) is 2.66. The molecule has 5 nitrogen and oxygen atoms in total. The first-order chi connectivity index (χ1) is 2.77. The summed E-state index contributed by atoms with van der Waals surface area (Å²) in [6.45, 7) is 0. The van der Waals surface area contributed by atoms with Crippen LogP contribution in [0.1, 0.15) is 0 Å². The number of nitriles is 1. The molecule has 0 fully saturated rings. The van der Waals surface area contributed by atoms with Gasteiger partial charge in [0, 0.05) is 0 Å². The van der Waals surface area contributed by atoms with Gasteiger partial charge in [-0.3, -0.25) is 10.1 Å². The SMILES string of the molecule is N#C[N-][N+](=O)[O-]. The molecule has 0 aromatic carbocycles. The zero-order valence-corrected chi connectivity index (χ0v) is 2.66. The van der Waals surface area contributed by atoms with Crippen LogP contribution in [-0.2, 0) is 0 Å². The summed E-state index contributed by atoms with van der Waals surface area (Å²) >= 11 is 0. The van der Waals surface area contributed by atoms with Crippen LogP contribution in [-0.4, -0.2) is 5.03 Å². The molecule has 5 heteroatoms. The van der Waals surface area contributed by atoms with Gasteiger partial charge in [-0.25, -0.2) is 0 Å². The highest BCUT2D eigenvalue weighted by Crippen LogP contribution is 1.75. The summed E-state index contributed by atoms with van der Waals surface area (Å²) in [5, 5.41) is 15.3. The molecule has 0 aliphatic rings. The Kier molecular flexibility index (Phi) is 1.53. The summed E-state index contributed by atoms with van der Waals surface area (Å²) in [4.78, 5) is 9.02. The summed E-state index contributed by atoms with van der Waals surface area (Å²) < 4.78 is 0. The normalized spacial score (nSPS) is 5.83. The molecule has 0 N–H and O–H groups in total. The molecule has 0 radical (unpaired) electrons. The predicted octanol–water partition coefficient (Wildman–Crippen LogP) is 0.0329. The van der Waals surface area contributed by atoms with Crippen molar-refractivity contribution in [1.29, 1.82) is 5.26 Å². The Morgan fingerprint density at radius 3 is 2.50 bits per heavy atom. The fourth-order valence-corrected chi connectivity index (χ4v) is 0.0365. The highest BCUT2D eigenvalue weighted by Gasteiger charge is 1.72. The Morgan fingerprint density at radius 2 is 2.50 bits per heavy atom. The molecule has 0 atom stereocenters. The molecule has 0 bridgehead atoms. The number of hydrogen-bond donors (Lipinski definition) is 0. The van der Waals surface area contributed by atoms with Gasteiger partial charge in [-0.1, -0.05) is 5.43 Å². The number of rotatable bonds is 1. The molecule has 0 saturated heterocycles. The largest absolute Gasteiger partial charge is 0.489 e. The van der Waals surface area contributed by atoms with E-state index in [0.717, 1.165) is 6.19 Å². The third kappa shape index (κ3) is 2.69. The van der Waals surface area contributed by atoms with E-state index in [2.05, 4.69) is 5.43 Å². The van der Waals surface area contributed by atoms with Crippen molar-refractivity contribution < 1.29 is 5.03 Å². The summed E-state index contributed by atoms with van der Waals surface area (Å²) in [6.07, 6.45) is 0.993. The van der Waals surface area contributed by atoms with Gasteiger partial charge in [0.05, 0.1) is 5.03 Å². The van der Waals surface area contributed by atoms with Crippen molar-refractivity contribution in [3.63, 3.8) is 0 Å². The minimum atomic E-state index is -1.06. The van der Waals surface area contributed by atoms with Gasteiger partial charge in [0.15, 0.2) is 0 Å². The van der Waals surface area contributed by atoms with Crippen LogP contribution in [0.4, 0.5) is 0 Å². The molecule has 0 aromatic heterocycles. The molecule has 0 aliphatic heterocycles. The Labute approximate surface area is 33.3 Å². The van der Waals surface area contributed by atoms with E-state index in [1.54, 1.807) is 0 Å². The summed E-state index contributed by atoms with van der Waals surface area (Å²) in [5.74, 6) is 0. The van der Waals surface area contributed by atoms with Gasteiger partial charge in [0.25, 0.3) is 0 Å². The highest BCUT2D eigenvalue weighted by atomic mass is 16.7. The lowest BCUT2D eigenvalue weighted by atomic mass is 11.4. The van der Waals surface area contributed by atoms with Crippen LogP contribution in [0, 0.1) is 21.6 Å². The van der Waals surface area contributed by atoms with Crippen LogP contribution in [0.15, 0.2) is 0 Å². The first kappa shape index (κ1) is 4.69. The van der Waals surface area contributed by atoms with E-state index in [1.165, 1.54) is 0 Å². The lowest BCUT2D eigenvalue weighted by Gasteiger charge is -1.80. The molecule has 32 valence electrons. The maximum atomic E-state index is 9.02. The topological polar surface area (TPSA) is 81.0 Å². The van der Waals surface area contributed by atoms with Crippen molar-refractivity contribution in [1.82, 2.24) is 0 Å². The smallest absolute Gasteiger partial charge is 0.0971 e. The van der Waals surface area contributed by atoms with Gasteiger partial charge in [-0.15, -0.1) is 0 Å². The third-order valence-corrected chi connectivity index (χ3v) is 0.126. The van der Waals surface area contributed by atoms with Crippen molar-refractivity contribution in [2.75, 3.05) is 0 Å². The molecular weight excluding hydrogens is 86.0 g/mol. The first-order valence-electron chi connectivity index (χ1n) is 1.01. The van der Waals surface area contributed by atoms with Gasteiger partial charge >= 0.3 is 0 Å². The Morgan fingerprint density at radius 1 is 2.00 bits per heavy atom. The number of nitro groups is 1. The van der Waals surface area contributed by atoms with Crippen LogP contribution in [0.2, 0.25) is 0 Å². The second-order valence-corrected chi connectivity index (χ2v) is 0.438. The van der Waals surface area contributed by atoms with E-state index in [4.69, 9.17) is 15.4 Å². The van der Waals surface area contributed by atoms with E-state index in [9.17, 15) is 0 Å². The van der Waals surface area contributed by atoms with Crippen molar-refractivity contribution in [3.05, 3.63) is 15.5 Å². The molecule has 0 amide bonds. The molecule has 0 heterocycles. The van der Waals surface area contributed by atoms with Crippen LogP contribution in [0.5, 0.6) is 0 Å². The molecule has 0 spiro atoms. The van der Waals surface area contributed by atoms with Gasteiger partial charge in [-0.2, -0.15) is 0 Å². The highest BCUT2D eigenvalue weighted by molar-refractivity contribution is 4.83. The van der Waals surface area contributed by atoms with Crippen LogP contribution in [0.3, 0.4) is 0 Å². The lowest BCUT2D eigenvalue weighted by Crippen LogP contribution is -1.82. The van der Waals surface area contributed by atoms with Crippen molar-refractivity contribution in [3.8, 4) is 6.19 Å². The summed E-state index contributed by atoms with van der Waals surface area (Å²) in [5.41, 5.74) is 2.15. The number of hydrogen-bond acceptors (Lipinski definition) is 3. The van der Waals surface area contributed by atoms with Gasteiger partial charge in [-0.05, 0) is 6.19 Å². The molecule has 0 aliphatic carbocycles. The molecule has 0 saturated carbocycles. The van der Waals surface area contributed by atoms with E-state index < -0.39 is 5.03 Å². The van der Waals surface area contributed by atoms with Crippen molar-refractivity contribution >= 4 is 0 Å². The molecule has 0 unspecified atom stereocenters. The molecule has 6 heavy (non-hydrogen) atoms. The van der Waals surface area contributed by atoms with Crippen LogP contribution >= 0.6 is 0 Å². The quantitative estimate of drug-likeness (QED) is 0.256. The second-order valence-electron chi connectivity index (χ2n) is 0.438. The van der Waals surface area contributed by atoms with E-state index in [-0.39, 0.29) is 0 Å². The molecule has 0 aromatic rings. The summed E-state index contributed by atoms with van der Waals surface area (Å²) in [7, 11) is 0. The predicted molar refractivity (Wildman–Crippen MR) is 16.0 cm³/mol. The van der Waals surface area contributed by atoms with Gasteiger partial charge in [0.2, 0.25) is 0 Å².